The average molecular weight is 334 g/mol. The summed E-state index contributed by atoms with van der Waals surface area (Å²) in [5.41, 5.74) is 0.476. The van der Waals surface area contributed by atoms with E-state index in [1.54, 1.807) is 0 Å². The highest BCUT2D eigenvalue weighted by Crippen LogP contribution is 2.25. The van der Waals surface area contributed by atoms with Crippen LogP contribution in [-0.4, -0.2) is 29.6 Å². The van der Waals surface area contributed by atoms with Gasteiger partial charge in [0.25, 0.3) is 0 Å². The van der Waals surface area contributed by atoms with Crippen molar-refractivity contribution in [1.29, 1.82) is 0 Å². The van der Waals surface area contributed by atoms with Crippen LogP contribution in [0.5, 0.6) is 0 Å². The molecule has 5 nitrogen and oxygen atoms in total. The van der Waals surface area contributed by atoms with Crippen molar-refractivity contribution in [3.63, 3.8) is 0 Å². The van der Waals surface area contributed by atoms with Gasteiger partial charge in [-0.2, -0.15) is 0 Å². The molecule has 1 aromatic rings. The van der Waals surface area contributed by atoms with E-state index in [2.05, 4.69) is 10.6 Å². The summed E-state index contributed by atoms with van der Waals surface area (Å²) in [6, 6.07) is 9.07. The number of nitrogens with one attached hydrogen (secondary N) is 2. The molecule has 2 unspecified atom stereocenters. The maximum atomic E-state index is 12.3. The minimum atomic E-state index is -0.502. The minimum absolute atomic E-state index is 0.119. The van der Waals surface area contributed by atoms with Crippen LogP contribution in [0.4, 0.5) is 0 Å². The quantitative estimate of drug-likeness (QED) is 0.683. The van der Waals surface area contributed by atoms with E-state index >= 15 is 0 Å². The monoisotopic (exact) mass is 334 g/mol. The lowest BCUT2D eigenvalue weighted by Gasteiger charge is -2.33. The third-order valence-corrected chi connectivity index (χ3v) is 4.14. The zero-order chi connectivity index (χ0) is 18.3. The summed E-state index contributed by atoms with van der Waals surface area (Å²) >= 11 is 0. The Morgan fingerprint density at radius 2 is 1.75 bits per heavy atom. The van der Waals surface area contributed by atoms with Crippen LogP contribution in [0.25, 0.3) is 0 Å². The van der Waals surface area contributed by atoms with Crippen molar-refractivity contribution in [3.8, 4) is 0 Å². The van der Waals surface area contributed by atoms with E-state index in [0.29, 0.717) is 6.54 Å². The fourth-order valence-electron chi connectivity index (χ4n) is 2.77. The molecule has 1 aromatic carbocycles. The fourth-order valence-corrected chi connectivity index (χ4v) is 2.77. The largest absolute Gasteiger partial charge is 0.392 e. The van der Waals surface area contributed by atoms with Gasteiger partial charge in [-0.25, -0.2) is 0 Å². The Labute approximate surface area is 144 Å². The fraction of sp³-hybridized carbons (Fsp3) is 0.579. The number of rotatable bonds is 8. The third kappa shape index (κ3) is 6.32. The molecule has 5 heteroatoms. The summed E-state index contributed by atoms with van der Waals surface area (Å²) in [6.45, 7) is 9.59. The second-order valence-corrected chi connectivity index (χ2v) is 7.32. The molecule has 134 valence electrons. The van der Waals surface area contributed by atoms with Gasteiger partial charge < -0.3 is 15.7 Å². The molecule has 3 N–H and O–H groups in total. The molecule has 0 spiro atoms. The van der Waals surface area contributed by atoms with E-state index in [9.17, 15) is 14.7 Å². The van der Waals surface area contributed by atoms with Gasteiger partial charge >= 0.3 is 0 Å². The molecule has 1 rings (SSSR count). The topological polar surface area (TPSA) is 78.4 Å². The molecule has 0 aliphatic rings. The summed E-state index contributed by atoms with van der Waals surface area (Å²) in [6.07, 6.45) is -0.338. The van der Waals surface area contributed by atoms with Crippen molar-refractivity contribution in [2.75, 3.05) is 6.54 Å². The van der Waals surface area contributed by atoms with E-state index in [-0.39, 0.29) is 30.2 Å². The summed E-state index contributed by atoms with van der Waals surface area (Å²) < 4.78 is 0. The first kappa shape index (κ1) is 20.2. The molecule has 24 heavy (non-hydrogen) atoms. The Bertz CT molecular complexity index is 541. The number of hydrogen-bond donors (Lipinski definition) is 3. The predicted octanol–water partition coefficient (Wildman–Crippen LogP) is 2.41. The highest BCUT2D eigenvalue weighted by Gasteiger charge is 2.30. The van der Waals surface area contributed by atoms with Gasteiger partial charge in [0, 0.05) is 18.9 Å². The van der Waals surface area contributed by atoms with Gasteiger partial charge in [0.15, 0.2) is 0 Å². The zero-order valence-electron chi connectivity index (χ0n) is 15.3. The minimum Gasteiger partial charge on any atom is -0.392 e. The van der Waals surface area contributed by atoms with E-state index in [1.807, 2.05) is 58.0 Å². The number of benzene rings is 1. The first-order valence-electron chi connectivity index (χ1n) is 8.40. The molecule has 0 radical (unpaired) electrons. The second-order valence-electron chi connectivity index (χ2n) is 7.32. The van der Waals surface area contributed by atoms with Crippen LogP contribution in [-0.2, 0) is 9.59 Å². The molecule has 0 saturated heterocycles. The number of carbonyl (C=O) groups is 2. The highest BCUT2D eigenvalue weighted by molar-refractivity contribution is 5.79. The van der Waals surface area contributed by atoms with Crippen molar-refractivity contribution in [2.45, 2.75) is 53.2 Å². The lowest BCUT2D eigenvalue weighted by Crippen LogP contribution is -2.44. The number of aliphatic hydroxyl groups is 1. The second kappa shape index (κ2) is 8.83. The Morgan fingerprint density at radius 1 is 1.17 bits per heavy atom. The van der Waals surface area contributed by atoms with E-state index in [4.69, 9.17) is 0 Å². The van der Waals surface area contributed by atoms with Crippen molar-refractivity contribution in [2.24, 2.45) is 11.3 Å². The van der Waals surface area contributed by atoms with Crippen molar-refractivity contribution >= 4 is 11.8 Å². The normalized spacial score (nSPS) is 14.1. The Kier molecular flexibility index (Phi) is 7.42. The molecule has 0 saturated carbocycles. The first-order chi connectivity index (χ1) is 11.1. The lowest BCUT2D eigenvalue weighted by atomic mass is 9.80. The lowest BCUT2D eigenvalue weighted by molar-refractivity contribution is -0.123. The van der Waals surface area contributed by atoms with Gasteiger partial charge in [0.05, 0.1) is 18.6 Å². The van der Waals surface area contributed by atoms with Crippen molar-refractivity contribution in [3.05, 3.63) is 35.9 Å². The van der Waals surface area contributed by atoms with Crippen molar-refractivity contribution in [1.82, 2.24) is 10.6 Å². The third-order valence-electron chi connectivity index (χ3n) is 4.14. The molecular formula is C19H30N2O3. The number of aliphatic hydroxyl groups excluding tert-OH is 1. The molecule has 0 heterocycles. The van der Waals surface area contributed by atoms with Gasteiger partial charge in [0.1, 0.15) is 0 Å². The maximum Gasteiger partial charge on any atom is 0.222 e. The van der Waals surface area contributed by atoms with Crippen LogP contribution in [0.2, 0.25) is 0 Å². The molecule has 0 fully saturated rings. The van der Waals surface area contributed by atoms with Gasteiger partial charge in [-0.05, 0) is 11.5 Å². The molecule has 2 amide bonds. The molecule has 2 atom stereocenters. The molecular weight excluding hydrogens is 304 g/mol. The van der Waals surface area contributed by atoms with Gasteiger partial charge in [-0.15, -0.1) is 0 Å². The van der Waals surface area contributed by atoms with E-state index in [0.717, 1.165) is 5.56 Å². The van der Waals surface area contributed by atoms with E-state index < -0.39 is 11.5 Å². The standard InChI is InChI=1S/C19H30N2O3/c1-13(2)18(24)19(4,5)12-20-17(23)11-16(21-14(3)22)15-9-7-6-8-10-15/h6-10,13,16,18,24H,11-12H2,1-5H3,(H,20,23)(H,21,22). The van der Waals surface area contributed by atoms with Crippen LogP contribution < -0.4 is 10.6 Å². The summed E-state index contributed by atoms with van der Waals surface area (Å²) in [5, 5.41) is 15.9. The van der Waals surface area contributed by atoms with Gasteiger partial charge in [-0.1, -0.05) is 58.0 Å². The molecule has 0 aliphatic carbocycles. The zero-order valence-corrected chi connectivity index (χ0v) is 15.3. The summed E-state index contributed by atoms with van der Waals surface area (Å²) in [5.74, 6) is -0.206. The van der Waals surface area contributed by atoms with Crippen LogP contribution >= 0.6 is 0 Å². The van der Waals surface area contributed by atoms with Crippen molar-refractivity contribution < 1.29 is 14.7 Å². The first-order valence-corrected chi connectivity index (χ1v) is 8.40. The van der Waals surface area contributed by atoms with Crippen LogP contribution in [0, 0.1) is 11.3 Å². The molecule has 0 aromatic heterocycles. The maximum absolute atomic E-state index is 12.3. The SMILES string of the molecule is CC(=O)NC(CC(=O)NCC(C)(C)C(O)C(C)C)c1ccccc1. The predicted molar refractivity (Wildman–Crippen MR) is 95.3 cm³/mol. The number of carbonyl (C=O) groups excluding carboxylic acids is 2. The number of amides is 2. The number of hydrogen-bond acceptors (Lipinski definition) is 3. The summed E-state index contributed by atoms with van der Waals surface area (Å²) in [4.78, 5) is 23.7. The van der Waals surface area contributed by atoms with Gasteiger partial charge in [0.2, 0.25) is 11.8 Å². The van der Waals surface area contributed by atoms with Crippen LogP contribution in [0.15, 0.2) is 30.3 Å². The van der Waals surface area contributed by atoms with Gasteiger partial charge in [-0.3, -0.25) is 9.59 Å². The Morgan fingerprint density at radius 3 is 2.25 bits per heavy atom. The van der Waals surface area contributed by atoms with Crippen LogP contribution in [0.3, 0.4) is 0 Å². The molecule has 0 aliphatic heterocycles. The highest BCUT2D eigenvalue weighted by atomic mass is 16.3. The van der Waals surface area contributed by atoms with E-state index in [1.165, 1.54) is 6.92 Å². The Hall–Kier alpha value is -1.88. The smallest absolute Gasteiger partial charge is 0.222 e. The van der Waals surface area contributed by atoms with Crippen LogP contribution in [0.1, 0.15) is 52.6 Å². The Balaban J connectivity index is 2.67. The average Bonchev–Trinajstić information content (AvgIpc) is 2.52. The summed E-state index contributed by atoms with van der Waals surface area (Å²) in [7, 11) is 0. The molecule has 0 bridgehead atoms.